The molecule has 0 bridgehead atoms. The second-order valence-corrected chi connectivity index (χ2v) is 6.16. The molecule has 9 heteroatoms. The van der Waals surface area contributed by atoms with Gasteiger partial charge < -0.3 is 26.4 Å². The van der Waals surface area contributed by atoms with Gasteiger partial charge in [-0.2, -0.15) is 0 Å². The fourth-order valence-corrected chi connectivity index (χ4v) is 1.90. The van der Waals surface area contributed by atoms with Gasteiger partial charge in [0.15, 0.2) is 0 Å². The number of amides is 3. The van der Waals surface area contributed by atoms with Gasteiger partial charge in [-0.05, 0) is 26.2 Å². The number of ether oxygens (including phenoxy) is 1. The summed E-state index contributed by atoms with van der Waals surface area (Å²) < 4.78 is 4.73. The van der Waals surface area contributed by atoms with Crippen molar-refractivity contribution < 1.29 is 23.9 Å². The first-order chi connectivity index (χ1) is 12.2. The van der Waals surface area contributed by atoms with Crippen LogP contribution >= 0.6 is 0 Å². The highest BCUT2D eigenvalue weighted by atomic mass is 16.5. The molecule has 0 heterocycles. The molecule has 0 aliphatic heterocycles. The van der Waals surface area contributed by atoms with Gasteiger partial charge in [0.1, 0.15) is 6.04 Å². The molecule has 0 saturated heterocycles. The minimum Gasteiger partial charge on any atom is -0.463 e. The molecule has 9 nitrogen and oxygen atoms in total. The molecule has 0 aromatic heterocycles. The van der Waals surface area contributed by atoms with Gasteiger partial charge in [0, 0.05) is 12.6 Å². The van der Waals surface area contributed by atoms with Crippen molar-refractivity contribution in [2.24, 2.45) is 11.7 Å². The third-order valence-corrected chi connectivity index (χ3v) is 3.13. The average Bonchev–Trinajstić information content (AvgIpc) is 2.55. The van der Waals surface area contributed by atoms with Crippen LogP contribution in [0.4, 0.5) is 0 Å². The van der Waals surface area contributed by atoms with Crippen LogP contribution in [0.25, 0.3) is 0 Å². The van der Waals surface area contributed by atoms with Gasteiger partial charge >= 0.3 is 5.97 Å². The van der Waals surface area contributed by atoms with Crippen molar-refractivity contribution in [2.75, 3.05) is 19.7 Å². The van der Waals surface area contributed by atoms with E-state index in [1.165, 1.54) is 19.1 Å². The lowest BCUT2D eigenvalue weighted by Gasteiger charge is -2.20. The molecule has 0 aliphatic carbocycles. The Morgan fingerprint density at radius 2 is 1.73 bits per heavy atom. The third-order valence-electron chi connectivity index (χ3n) is 3.13. The zero-order chi connectivity index (χ0) is 20.1. The SMILES string of the molecule is CCOC(=O)/C=C/CNC(=O)C(CC(C)C)NC(=O)CNC(=O)C(C)N. The lowest BCUT2D eigenvalue weighted by Crippen LogP contribution is -2.51. The highest BCUT2D eigenvalue weighted by Gasteiger charge is 2.21. The van der Waals surface area contributed by atoms with E-state index < -0.39 is 29.9 Å². The summed E-state index contributed by atoms with van der Waals surface area (Å²) in [5, 5.41) is 7.59. The van der Waals surface area contributed by atoms with Gasteiger partial charge in [0.25, 0.3) is 0 Å². The number of hydrogen-bond acceptors (Lipinski definition) is 6. The lowest BCUT2D eigenvalue weighted by molar-refractivity contribution is -0.137. The Bertz CT molecular complexity index is 517. The zero-order valence-corrected chi connectivity index (χ0v) is 15.8. The van der Waals surface area contributed by atoms with Crippen LogP contribution in [-0.4, -0.2) is 55.5 Å². The molecule has 148 valence electrons. The van der Waals surface area contributed by atoms with Crippen LogP contribution in [-0.2, 0) is 23.9 Å². The molecule has 2 atom stereocenters. The molecule has 0 radical (unpaired) electrons. The summed E-state index contributed by atoms with van der Waals surface area (Å²) >= 11 is 0. The van der Waals surface area contributed by atoms with Crippen molar-refractivity contribution in [3.8, 4) is 0 Å². The molecule has 26 heavy (non-hydrogen) atoms. The average molecular weight is 370 g/mol. The molecular formula is C17H30N4O5. The summed E-state index contributed by atoms with van der Waals surface area (Å²) in [5.74, 6) is -1.63. The molecular weight excluding hydrogens is 340 g/mol. The molecule has 2 unspecified atom stereocenters. The first kappa shape index (κ1) is 23.6. The second kappa shape index (κ2) is 12.9. The van der Waals surface area contributed by atoms with E-state index >= 15 is 0 Å². The van der Waals surface area contributed by atoms with Crippen LogP contribution in [0, 0.1) is 5.92 Å². The minimum absolute atomic E-state index is 0.129. The Morgan fingerprint density at radius 1 is 1.08 bits per heavy atom. The number of nitrogens with one attached hydrogen (secondary N) is 3. The minimum atomic E-state index is -0.745. The van der Waals surface area contributed by atoms with E-state index in [1.54, 1.807) is 6.92 Å². The Kier molecular flexibility index (Phi) is 11.7. The van der Waals surface area contributed by atoms with Crippen molar-refractivity contribution in [1.82, 2.24) is 16.0 Å². The summed E-state index contributed by atoms with van der Waals surface area (Å²) in [6, 6.07) is -1.46. The van der Waals surface area contributed by atoms with Crippen LogP contribution in [0.15, 0.2) is 12.2 Å². The molecule has 0 saturated carbocycles. The highest BCUT2D eigenvalue weighted by molar-refractivity contribution is 5.91. The smallest absolute Gasteiger partial charge is 0.330 e. The van der Waals surface area contributed by atoms with Crippen LogP contribution in [0.3, 0.4) is 0 Å². The maximum absolute atomic E-state index is 12.2. The van der Waals surface area contributed by atoms with E-state index in [0.29, 0.717) is 6.42 Å². The molecule has 0 rings (SSSR count). The molecule has 3 amide bonds. The summed E-state index contributed by atoms with van der Waals surface area (Å²) in [6.45, 7) is 7.19. The van der Waals surface area contributed by atoms with Gasteiger partial charge in [-0.15, -0.1) is 0 Å². The number of hydrogen-bond donors (Lipinski definition) is 4. The monoisotopic (exact) mass is 370 g/mol. The van der Waals surface area contributed by atoms with Crippen molar-refractivity contribution in [1.29, 1.82) is 0 Å². The Morgan fingerprint density at radius 3 is 2.27 bits per heavy atom. The zero-order valence-electron chi connectivity index (χ0n) is 15.8. The first-order valence-electron chi connectivity index (χ1n) is 8.61. The van der Waals surface area contributed by atoms with E-state index in [4.69, 9.17) is 10.5 Å². The number of rotatable bonds is 11. The Balaban J connectivity index is 4.53. The number of carbonyl (C=O) groups excluding carboxylic acids is 4. The summed E-state index contributed by atoms with van der Waals surface area (Å²) in [6.07, 6.45) is 3.12. The number of nitrogens with two attached hydrogens (primary N) is 1. The van der Waals surface area contributed by atoms with Gasteiger partial charge in [-0.25, -0.2) is 4.79 Å². The molecule has 0 aromatic rings. The summed E-state index contributed by atoms with van der Waals surface area (Å²) in [5.41, 5.74) is 5.40. The third kappa shape index (κ3) is 11.2. The highest BCUT2D eigenvalue weighted by Crippen LogP contribution is 2.05. The molecule has 0 aromatic carbocycles. The molecule has 0 spiro atoms. The van der Waals surface area contributed by atoms with Crippen molar-refractivity contribution >= 4 is 23.7 Å². The van der Waals surface area contributed by atoms with Crippen LogP contribution < -0.4 is 21.7 Å². The van der Waals surface area contributed by atoms with E-state index in [-0.39, 0.29) is 31.5 Å². The summed E-state index contributed by atoms with van der Waals surface area (Å²) in [7, 11) is 0. The van der Waals surface area contributed by atoms with Crippen molar-refractivity contribution in [3.05, 3.63) is 12.2 Å². The summed E-state index contributed by atoms with van der Waals surface area (Å²) in [4.78, 5) is 46.7. The van der Waals surface area contributed by atoms with Crippen LogP contribution in [0.1, 0.15) is 34.1 Å². The van der Waals surface area contributed by atoms with E-state index in [9.17, 15) is 19.2 Å². The topological polar surface area (TPSA) is 140 Å². The van der Waals surface area contributed by atoms with E-state index in [1.807, 2.05) is 13.8 Å². The maximum Gasteiger partial charge on any atom is 0.330 e. The lowest BCUT2D eigenvalue weighted by atomic mass is 10.0. The second-order valence-electron chi connectivity index (χ2n) is 6.16. The normalized spacial score (nSPS) is 13.2. The Hall–Kier alpha value is -2.42. The Labute approximate surface area is 154 Å². The van der Waals surface area contributed by atoms with Crippen molar-refractivity contribution in [3.63, 3.8) is 0 Å². The van der Waals surface area contributed by atoms with Gasteiger partial charge in [0.2, 0.25) is 17.7 Å². The largest absolute Gasteiger partial charge is 0.463 e. The molecule has 0 aliphatic rings. The fourth-order valence-electron chi connectivity index (χ4n) is 1.90. The van der Waals surface area contributed by atoms with Crippen LogP contribution in [0.2, 0.25) is 0 Å². The fraction of sp³-hybridized carbons (Fsp3) is 0.647. The quantitative estimate of drug-likeness (QED) is 0.278. The molecule has 0 fully saturated rings. The van der Waals surface area contributed by atoms with Crippen molar-refractivity contribution in [2.45, 2.75) is 46.2 Å². The predicted octanol–water partition coefficient (Wildman–Crippen LogP) is -0.784. The van der Waals surface area contributed by atoms with Gasteiger partial charge in [-0.3, -0.25) is 14.4 Å². The maximum atomic E-state index is 12.2. The van der Waals surface area contributed by atoms with Gasteiger partial charge in [-0.1, -0.05) is 19.9 Å². The molecule has 5 N–H and O–H groups in total. The first-order valence-corrected chi connectivity index (χ1v) is 8.61. The van der Waals surface area contributed by atoms with Gasteiger partial charge in [0.05, 0.1) is 19.2 Å². The van der Waals surface area contributed by atoms with Crippen LogP contribution in [0.5, 0.6) is 0 Å². The van der Waals surface area contributed by atoms with E-state index in [0.717, 1.165) is 0 Å². The predicted molar refractivity (Wildman–Crippen MR) is 96.8 cm³/mol. The standard InChI is InChI=1S/C17H30N4O5/c1-5-26-15(23)7-6-8-19-17(25)13(9-11(2)3)21-14(22)10-20-16(24)12(4)18/h6-7,11-13H,5,8-10,18H2,1-4H3,(H,19,25)(H,20,24)(H,21,22)/b7-6+. The number of carbonyl (C=O) groups is 4. The van der Waals surface area contributed by atoms with E-state index in [2.05, 4.69) is 16.0 Å². The number of esters is 1.